The zero-order valence-corrected chi connectivity index (χ0v) is 13.9. The number of amides is 2. The molecule has 0 aliphatic heterocycles. The first kappa shape index (κ1) is 17.7. The number of carbonyl (C=O) groups is 2. The summed E-state index contributed by atoms with van der Waals surface area (Å²) >= 11 is 5.90. The van der Waals surface area contributed by atoms with Gasteiger partial charge in [0, 0.05) is 17.6 Å². The Kier molecular flexibility index (Phi) is 5.76. The van der Waals surface area contributed by atoms with E-state index in [0.717, 1.165) is 6.07 Å². The minimum atomic E-state index is -0.512. The zero-order chi connectivity index (χ0) is 17.7. The third kappa shape index (κ3) is 4.45. The van der Waals surface area contributed by atoms with Gasteiger partial charge in [0.2, 0.25) is 5.91 Å². The Bertz CT molecular complexity index is 767. The van der Waals surface area contributed by atoms with Gasteiger partial charge in [-0.1, -0.05) is 17.7 Å². The second-order valence-electron chi connectivity index (χ2n) is 5.06. The summed E-state index contributed by atoms with van der Waals surface area (Å²) in [6, 6.07) is 10.1. The molecule has 0 aromatic heterocycles. The number of nitrogens with one attached hydrogen (secondary N) is 1. The van der Waals surface area contributed by atoms with Gasteiger partial charge in [0.05, 0.1) is 19.3 Å². The zero-order valence-electron chi connectivity index (χ0n) is 13.2. The molecule has 0 bridgehead atoms. The van der Waals surface area contributed by atoms with E-state index in [9.17, 15) is 14.0 Å². The maximum absolute atomic E-state index is 13.2. The Morgan fingerprint density at radius 3 is 2.67 bits per heavy atom. The van der Waals surface area contributed by atoms with Crippen molar-refractivity contribution in [2.75, 3.05) is 26.0 Å². The molecule has 0 aliphatic rings. The number of anilines is 1. The van der Waals surface area contributed by atoms with Crippen molar-refractivity contribution in [3.05, 3.63) is 58.9 Å². The highest BCUT2D eigenvalue weighted by atomic mass is 35.5. The lowest BCUT2D eigenvalue weighted by atomic mass is 10.2. The summed E-state index contributed by atoms with van der Waals surface area (Å²) in [5, 5.41) is 3.07. The van der Waals surface area contributed by atoms with Crippen LogP contribution < -0.4 is 10.1 Å². The number of benzene rings is 2. The topological polar surface area (TPSA) is 58.6 Å². The number of methoxy groups -OCH3 is 1. The van der Waals surface area contributed by atoms with Gasteiger partial charge in [0.25, 0.3) is 5.91 Å². The van der Waals surface area contributed by atoms with Gasteiger partial charge in [-0.25, -0.2) is 4.39 Å². The molecule has 0 unspecified atom stereocenters. The summed E-state index contributed by atoms with van der Waals surface area (Å²) in [5.41, 5.74) is 0.576. The highest BCUT2D eigenvalue weighted by molar-refractivity contribution is 6.31. The number of carbonyl (C=O) groups excluding carboxylic acids is 2. The highest BCUT2D eigenvalue weighted by Crippen LogP contribution is 2.27. The van der Waals surface area contributed by atoms with E-state index in [-0.39, 0.29) is 12.1 Å². The summed E-state index contributed by atoms with van der Waals surface area (Å²) in [7, 11) is 2.93. The fourth-order valence-corrected chi connectivity index (χ4v) is 2.27. The van der Waals surface area contributed by atoms with Crippen molar-refractivity contribution in [1.29, 1.82) is 0 Å². The molecule has 0 saturated carbocycles. The first-order valence-corrected chi connectivity index (χ1v) is 7.43. The van der Waals surface area contributed by atoms with Gasteiger partial charge < -0.3 is 15.0 Å². The summed E-state index contributed by atoms with van der Waals surface area (Å²) in [6.07, 6.45) is 0. The number of ether oxygens (including phenoxy) is 1. The third-order valence-electron chi connectivity index (χ3n) is 3.23. The van der Waals surface area contributed by atoms with E-state index in [2.05, 4.69) is 5.32 Å². The summed E-state index contributed by atoms with van der Waals surface area (Å²) in [5.74, 6) is -0.945. The van der Waals surface area contributed by atoms with Gasteiger partial charge in [-0.15, -0.1) is 0 Å². The first-order valence-electron chi connectivity index (χ1n) is 7.05. The molecule has 0 aliphatic carbocycles. The van der Waals surface area contributed by atoms with Gasteiger partial charge in [-0.3, -0.25) is 9.59 Å². The molecule has 0 atom stereocenters. The predicted molar refractivity (Wildman–Crippen MR) is 90.0 cm³/mol. The van der Waals surface area contributed by atoms with Crippen molar-refractivity contribution in [2.24, 2.45) is 0 Å². The number of likely N-dealkylation sites (N-methyl/N-ethyl adjacent to an activating group) is 1. The quantitative estimate of drug-likeness (QED) is 0.900. The van der Waals surface area contributed by atoms with Gasteiger partial charge in [-0.2, -0.15) is 0 Å². The molecule has 2 rings (SSSR count). The van der Waals surface area contributed by atoms with Crippen LogP contribution in [0.25, 0.3) is 0 Å². The van der Waals surface area contributed by atoms with Crippen LogP contribution in [0.15, 0.2) is 42.5 Å². The molecule has 1 N–H and O–H groups in total. The molecule has 7 heteroatoms. The number of hydrogen-bond donors (Lipinski definition) is 1. The SMILES string of the molecule is COc1ccc(Cl)cc1NC(=O)CN(C)C(=O)c1cccc(F)c1. The van der Waals surface area contributed by atoms with Gasteiger partial charge in [0.15, 0.2) is 0 Å². The van der Waals surface area contributed by atoms with Crippen LogP contribution in [-0.2, 0) is 4.79 Å². The van der Waals surface area contributed by atoms with Crippen molar-refractivity contribution >= 4 is 29.1 Å². The van der Waals surface area contributed by atoms with E-state index < -0.39 is 17.6 Å². The fraction of sp³-hybridized carbons (Fsp3) is 0.176. The molecular weight excluding hydrogens is 335 g/mol. The van der Waals surface area contributed by atoms with Crippen molar-refractivity contribution in [3.63, 3.8) is 0 Å². The van der Waals surface area contributed by atoms with Crippen LogP contribution in [0, 0.1) is 5.82 Å². The maximum atomic E-state index is 13.2. The summed E-state index contributed by atoms with van der Waals surface area (Å²) in [6.45, 7) is -0.203. The lowest BCUT2D eigenvalue weighted by molar-refractivity contribution is -0.116. The Morgan fingerprint density at radius 2 is 2.00 bits per heavy atom. The van der Waals surface area contributed by atoms with Crippen molar-refractivity contribution < 1.29 is 18.7 Å². The van der Waals surface area contributed by atoms with E-state index >= 15 is 0 Å². The third-order valence-corrected chi connectivity index (χ3v) is 3.47. The van der Waals surface area contributed by atoms with E-state index in [1.54, 1.807) is 18.2 Å². The first-order chi connectivity index (χ1) is 11.4. The smallest absolute Gasteiger partial charge is 0.254 e. The molecule has 2 aromatic rings. The minimum absolute atomic E-state index is 0.172. The monoisotopic (exact) mass is 350 g/mol. The Hall–Kier alpha value is -2.60. The summed E-state index contributed by atoms with van der Waals surface area (Å²) < 4.78 is 18.3. The molecule has 0 saturated heterocycles. The molecule has 0 spiro atoms. The van der Waals surface area contributed by atoms with Crippen LogP contribution in [0.2, 0.25) is 5.02 Å². The number of nitrogens with zero attached hydrogens (tertiary/aromatic N) is 1. The van der Waals surface area contributed by atoms with E-state index in [1.165, 1.54) is 37.3 Å². The Balaban J connectivity index is 2.04. The number of rotatable bonds is 5. The normalized spacial score (nSPS) is 10.2. The fourth-order valence-electron chi connectivity index (χ4n) is 2.10. The largest absolute Gasteiger partial charge is 0.495 e. The molecule has 0 radical (unpaired) electrons. The lowest BCUT2D eigenvalue weighted by Gasteiger charge is -2.17. The van der Waals surface area contributed by atoms with Gasteiger partial charge in [-0.05, 0) is 36.4 Å². The van der Waals surface area contributed by atoms with Crippen LogP contribution in [0.1, 0.15) is 10.4 Å². The Labute approximate surface area is 144 Å². The molecule has 2 amide bonds. The molecular formula is C17H16ClFN2O3. The molecule has 126 valence electrons. The molecule has 2 aromatic carbocycles. The second kappa shape index (κ2) is 7.79. The van der Waals surface area contributed by atoms with Gasteiger partial charge in [0.1, 0.15) is 11.6 Å². The van der Waals surface area contributed by atoms with Gasteiger partial charge >= 0.3 is 0 Å². The predicted octanol–water partition coefficient (Wildman–Crippen LogP) is 3.20. The molecule has 24 heavy (non-hydrogen) atoms. The average Bonchev–Trinajstić information content (AvgIpc) is 2.54. The van der Waals surface area contributed by atoms with E-state index in [4.69, 9.17) is 16.3 Å². The van der Waals surface area contributed by atoms with E-state index in [0.29, 0.717) is 16.5 Å². The maximum Gasteiger partial charge on any atom is 0.254 e. The van der Waals surface area contributed by atoms with Crippen LogP contribution >= 0.6 is 11.6 Å². The van der Waals surface area contributed by atoms with E-state index in [1.807, 2.05) is 0 Å². The number of halogens is 2. The molecule has 0 fully saturated rings. The summed E-state index contributed by atoms with van der Waals surface area (Å²) in [4.78, 5) is 25.5. The second-order valence-corrected chi connectivity index (χ2v) is 5.50. The van der Waals surface area contributed by atoms with Crippen LogP contribution in [0.5, 0.6) is 5.75 Å². The molecule has 0 heterocycles. The lowest BCUT2D eigenvalue weighted by Crippen LogP contribution is -2.35. The molecule has 5 nitrogen and oxygen atoms in total. The Morgan fingerprint density at radius 1 is 1.25 bits per heavy atom. The van der Waals surface area contributed by atoms with Crippen molar-refractivity contribution in [1.82, 2.24) is 4.90 Å². The number of hydrogen-bond acceptors (Lipinski definition) is 3. The van der Waals surface area contributed by atoms with Crippen molar-refractivity contribution in [2.45, 2.75) is 0 Å². The highest BCUT2D eigenvalue weighted by Gasteiger charge is 2.16. The van der Waals surface area contributed by atoms with Crippen LogP contribution in [0.4, 0.5) is 10.1 Å². The van der Waals surface area contributed by atoms with Crippen molar-refractivity contribution in [3.8, 4) is 5.75 Å². The minimum Gasteiger partial charge on any atom is -0.495 e. The average molecular weight is 351 g/mol. The standard InChI is InChI=1S/C17H16ClFN2O3/c1-21(17(23)11-4-3-5-13(19)8-11)10-16(22)20-14-9-12(18)6-7-15(14)24-2/h3-9H,10H2,1-2H3,(H,20,22). The van der Waals surface area contributed by atoms with Crippen LogP contribution in [0.3, 0.4) is 0 Å². The van der Waals surface area contributed by atoms with Crippen LogP contribution in [-0.4, -0.2) is 37.4 Å².